The summed E-state index contributed by atoms with van der Waals surface area (Å²) in [4.78, 5) is 58.0. The maximum atomic E-state index is 12.0. The van der Waals surface area contributed by atoms with Crippen molar-refractivity contribution in [2.75, 3.05) is 0 Å². The first-order chi connectivity index (χ1) is 11.9. The molecule has 11 nitrogen and oxygen atoms in total. The second-order valence-electron chi connectivity index (χ2n) is 6.05. The highest BCUT2D eigenvalue weighted by atomic mass is 16.4. The van der Waals surface area contributed by atoms with Crippen molar-refractivity contribution in [2.45, 2.75) is 64.8 Å². The van der Waals surface area contributed by atoms with Gasteiger partial charge in [-0.2, -0.15) is 0 Å². The standard InChI is InChI=1S/C15H27N5O6/c1-6(16)11(21)17-7(2)12(22)18-8(3)13(23)19-9(4)14(24)20-10(5)15(25)26/h6-10H,16H2,1-5H3,(H,17,21)(H,18,22)(H,19,23)(H,20,24)(H,25,26). The third kappa shape index (κ3) is 7.92. The Labute approximate surface area is 151 Å². The predicted molar refractivity (Wildman–Crippen MR) is 91.7 cm³/mol. The number of carbonyl (C=O) groups is 5. The van der Waals surface area contributed by atoms with Gasteiger partial charge in [0.05, 0.1) is 6.04 Å². The fourth-order valence-corrected chi connectivity index (χ4v) is 1.62. The number of carboxylic acids is 1. The van der Waals surface area contributed by atoms with Crippen molar-refractivity contribution >= 4 is 29.6 Å². The Hall–Kier alpha value is -2.69. The molecule has 148 valence electrons. The molecule has 0 aliphatic carbocycles. The maximum Gasteiger partial charge on any atom is 0.325 e. The number of nitrogens with one attached hydrogen (secondary N) is 4. The number of hydrogen-bond acceptors (Lipinski definition) is 6. The molecule has 0 spiro atoms. The van der Waals surface area contributed by atoms with Gasteiger partial charge in [-0.05, 0) is 34.6 Å². The molecule has 0 aromatic rings. The van der Waals surface area contributed by atoms with E-state index < -0.39 is 59.8 Å². The molecule has 0 fully saturated rings. The van der Waals surface area contributed by atoms with Gasteiger partial charge < -0.3 is 32.1 Å². The summed E-state index contributed by atoms with van der Waals surface area (Å²) >= 11 is 0. The summed E-state index contributed by atoms with van der Waals surface area (Å²) in [5.41, 5.74) is 5.39. The number of nitrogens with two attached hydrogens (primary N) is 1. The molecule has 0 aliphatic heterocycles. The van der Waals surface area contributed by atoms with E-state index in [1.165, 1.54) is 34.6 Å². The van der Waals surface area contributed by atoms with Crippen molar-refractivity contribution in [3.8, 4) is 0 Å². The van der Waals surface area contributed by atoms with Crippen molar-refractivity contribution in [2.24, 2.45) is 5.73 Å². The SMILES string of the molecule is CC(N)C(=O)NC(C)C(=O)NC(C)C(=O)NC(C)C(=O)NC(C)C(=O)O. The first-order valence-electron chi connectivity index (χ1n) is 8.06. The van der Waals surface area contributed by atoms with Crippen molar-refractivity contribution in [1.82, 2.24) is 21.3 Å². The van der Waals surface area contributed by atoms with E-state index in [2.05, 4.69) is 21.3 Å². The number of aliphatic carboxylic acids is 1. The number of rotatable bonds is 9. The highest BCUT2D eigenvalue weighted by molar-refractivity contribution is 5.94. The maximum absolute atomic E-state index is 12.0. The van der Waals surface area contributed by atoms with Gasteiger partial charge in [0, 0.05) is 0 Å². The number of carboxylic acid groups (broad SMARTS) is 1. The van der Waals surface area contributed by atoms with Gasteiger partial charge in [-0.25, -0.2) is 0 Å². The monoisotopic (exact) mass is 373 g/mol. The van der Waals surface area contributed by atoms with Crippen molar-refractivity contribution in [1.29, 1.82) is 0 Å². The van der Waals surface area contributed by atoms with Crippen LogP contribution in [0.5, 0.6) is 0 Å². The summed E-state index contributed by atoms with van der Waals surface area (Å²) in [5, 5.41) is 18.1. The summed E-state index contributed by atoms with van der Waals surface area (Å²) < 4.78 is 0. The summed E-state index contributed by atoms with van der Waals surface area (Å²) in [5.74, 6) is -3.64. The predicted octanol–water partition coefficient (Wildman–Crippen LogP) is -2.56. The second-order valence-corrected chi connectivity index (χ2v) is 6.05. The van der Waals surface area contributed by atoms with Crippen LogP contribution in [0.3, 0.4) is 0 Å². The molecule has 0 radical (unpaired) electrons. The fourth-order valence-electron chi connectivity index (χ4n) is 1.62. The number of carbonyl (C=O) groups excluding carboxylic acids is 4. The summed E-state index contributed by atoms with van der Waals surface area (Å²) in [6, 6.07) is -4.77. The largest absolute Gasteiger partial charge is 0.480 e. The van der Waals surface area contributed by atoms with Crippen LogP contribution in [0.2, 0.25) is 0 Å². The quantitative estimate of drug-likeness (QED) is 0.257. The summed E-state index contributed by atoms with van der Waals surface area (Å²) in [6.45, 7) is 6.96. The second kappa shape index (κ2) is 10.3. The number of amides is 4. The lowest BCUT2D eigenvalue weighted by atomic mass is 10.2. The molecule has 0 aliphatic rings. The van der Waals surface area contributed by atoms with E-state index in [1.807, 2.05) is 0 Å². The Bertz CT molecular complexity index is 565. The molecule has 11 heteroatoms. The molecule has 0 saturated carbocycles. The minimum atomic E-state index is -1.21. The lowest BCUT2D eigenvalue weighted by molar-refractivity contribution is -0.141. The van der Waals surface area contributed by atoms with Crippen molar-refractivity contribution < 1.29 is 29.1 Å². The smallest absolute Gasteiger partial charge is 0.325 e. The van der Waals surface area contributed by atoms with Crippen LogP contribution in [-0.2, 0) is 24.0 Å². The molecule has 0 aromatic heterocycles. The average Bonchev–Trinajstić information content (AvgIpc) is 2.53. The lowest BCUT2D eigenvalue weighted by Gasteiger charge is -2.21. The Kier molecular flexibility index (Phi) is 9.27. The normalized spacial score (nSPS) is 16.2. The van der Waals surface area contributed by atoms with Crippen LogP contribution >= 0.6 is 0 Å². The van der Waals surface area contributed by atoms with Gasteiger partial charge in [0.1, 0.15) is 24.2 Å². The molecule has 7 N–H and O–H groups in total. The van der Waals surface area contributed by atoms with E-state index in [4.69, 9.17) is 10.8 Å². The Morgan fingerprint density at radius 1 is 0.615 bits per heavy atom. The van der Waals surface area contributed by atoms with E-state index in [9.17, 15) is 24.0 Å². The van der Waals surface area contributed by atoms with Crippen LogP contribution < -0.4 is 27.0 Å². The zero-order chi connectivity index (χ0) is 20.6. The first-order valence-corrected chi connectivity index (χ1v) is 8.06. The minimum absolute atomic E-state index is 0.511. The Morgan fingerprint density at radius 3 is 1.15 bits per heavy atom. The van der Waals surface area contributed by atoms with Gasteiger partial charge in [0.15, 0.2) is 0 Å². The molecule has 0 aromatic carbocycles. The van der Waals surface area contributed by atoms with Crippen LogP contribution in [0.4, 0.5) is 0 Å². The van der Waals surface area contributed by atoms with E-state index in [-0.39, 0.29) is 0 Å². The first kappa shape index (κ1) is 23.3. The third-order valence-corrected chi connectivity index (χ3v) is 3.40. The third-order valence-electron chi connectivity index (χ3n) is 3.40. The van der Waals surface area contributed by atoms with Crippen LogP contribution in [0, 0.1) is 0 Å². The minimum Gasteiger partial charge on any atom is -0.480 e. The van der Waals surface area contributed by atoms with E-state index >= 15 is 0 Å². The molecule has 0 heterocycles. The molecule has 5 unspecified atom stereocenters. The Morgan fingerprint density at radius 2 is 0.885 bits per heavy atom. The van der Waals surface area contributed by atoms with Crippen LogP contribution in [0.1, 0.15) is 34.6 Å². The van der Waals surface area contributed by atoms with Gasteiger partial charge in [-0.15, -0.1) is 0 Å². The lowest BCUT2D eigenvalue weighted by Crippen LogP contribution is -2.56. The van der Waals surface area contributed by atoms with Gasteiger partial charge in [0.2, 0.25) is 23.6 Å². The molecule has 5 atom stereocenters. The van der Waals surface area contributed by atoms with Crippen molar-refractivity contribution in [3.05, 3.63) is 0 Å². The van der Waals surface area contributed by atoms with E-state index in [0.717, 1.165) is 0 Å². The summed E-state index contributed by atoms with van der Waals surface area (Å²) in [6.07, 6.45) is 0. The molecule has 26 heavy (non-hydrogen) atoms. The van der Waals surface area contributed by atoms with Gasteiger partial charge >= 0.3 is 5.97 Å². The summed E-state index contributed by atoms with van der Waals surface area (Å²) in [7, 11) is 0. The Balaban J connectivity index is 4.54. The van der Waals surface area contributed by atoms with Gasteiger partial charge in [-0.1, -0.05) is 0 Å². The average molecular weight is 373 g/mol. The highest BCUT2D eigenvalue weighted by Crippen LogP contribution is 1.92. The zero-order valence-corrected chi connectivity index (χ0v) is 15.5. The van der Waals surface area contributed by atoms with Crippen molar-refractivity contribution in [3.63, 3.8) is 0 Å². The van der Waals surface area contributed by atoms with E-state index in [1.54, 1.807) is 0 Å². The fraction of sp³-hybridized carbons (Fsp3) is 0.667. The highest BCUT2D eigenvalue weighted by Gasteiger charge is 2.25. The number of hydrogen-bond donors (Lipinski definition) is 6. The zero-order valence-electron chi connectivity index (χ0n) is 15.5. The molecule has 4 amide bonds. The molecule has 0 saturated heterocycles. The van der Waals surface area contributed by atoms with Crippen LogP contribution in [0.25, 0.3) is 0 Å². The van der Waals surface area contributed by atoms with Gasteiger partial charge in [0.25, 0.3) is 0 Å². The molecule has 0 rings (SSSR count). The van der Waals surface area contributed by atoms with Gasteiger partial charge in [-0.3, -0.25) is 24.0 Å². The topological polar surface area (TPSA) is 180 Å². The van der Waals surface area contributed by atoms with E-state index in [0.29, 0.717) is 0 Å². The molecule has 0 bridgehead atoms. The van der Waals surface area contributed by atoms with Crippen LogP contribution in [0.15, 0.2) is 0 Å². The molecular formula is C15H27N5O6. The van der Waals surface area contributed by atoms with Crippen LogP contribution in [-0.4, -0.2) is 64.9 Å². The molecular weight excluding hydrogens is 346 g/mol.